The zero-order chi connectivity index (χ0) is 14.4. The number of benzene rings is 1. The topological polar surface area (TPSA) is 72.2 Å². The van der Waals surface area contributed by atoms with Gasteiger partial charge in [0.1, 0.15) is 0 Å². The monoisotopic (exact) mass is 264 g/mol. The Morgan fingerprint density at radius 1 is 1.42 bits per heavy atom. The van der Waals surface area contributed by atoms with Gasteiger partial charge < -0.3 is 5.32 Å². The van der Waals surface area contributed by atoms with E-state index in [-0.39, 0.29) is 11.6 Å². The van der Waals surface area contributed by atoms with Gasteiger partial charge in [-0.15, -0.1) is 0 Å². The van der Waals surface area contributed by atoms with E-state index in [1.165, 1.54) is 12.1 Å². The van der Waals surface area contributed by atoms with Gasteiger partial charge in [0.15, 0.2) is 0 Å². The average molecular weight is 264 g/mol. The number of hydrogen-bond donors (Lipinski definition) is 1. The summed E-state index contributed by atoms with van der Waals surface area (Å²) in [5, 5.41) is 13.6. The maximum Gasteiger partial charge on any atom is 0.273 e. The van der Waals surface area contributed by atoms with Gasteiger partial charge in [-0.1, -0.05) is 19.9 Å². The van der Waals surface area contributed by atoms with Crippen LogP contribution in [0.4, 0.5) is 5.69 Å². The van der Waals surface area contributed by atoms with E-state index in [0.29, 0.717) is 23.6 Å². The zero-order valence-corrected chi connectivity index (χ0v) is 11.6. The van der Waals surface area contributed by atoms with Gasteiger partial charge in [0.05, 0.1) is 4.92 Å². The van der Waals surface area contributed by atoms with Crippen LogP contribution in [0.25, 0.3) is 0 Å². The van der Waals surface area contributed by atoms with E-state index >= 15 is 0 Å². The van der Waals surface area contributed by atoms with E-state index in [0.717, 1.165) is 12.8 Å². The first-order chi connectivity index (χ1) is 8.93. The molecule has 1 rings (SSSR count). The molecule has 5 nitrogen and oxygen atoms in total. The maximum atomic E-state index is 12.0. The van der Waals surface area contributed by atoms with Crippen molar-refractivity contribution in [1.82, 2.24) is 5.32 Å². The van der Waals surface area contributed by atoms with Gasteiger partial charge in [-0.05, 0) is 31.7 Å². The number of nitro benzene ring substituents is 1. The average Bonchev–Trinajstić information content (AvgIpc) is 2.34. The zero-order valence-electron chi connectivity index (χ0n) is 11.6. The van der Waals surface area contributed by atoms with Gasteiger partial charge >= 0.3 is 0 Å². The van der Waals surface area contributed by atoms with Crippen molar-refractivity contribution in [2.75, 3.05) is 6.54 Å². The van der Waals surface area contributed by atoms with Gasteiger partial charge in [0.2, 0.25) is 0 Å². The molecule has 19 heavy (non-hydrogen) atoms. The van der Waals surface area contributed by atoms with Crippen LogP contribution in [-0.4, -0.2) is 17.4 Å². The quantitative estimate of drug-likeness (QED) is 0.487. The summed E-state index contributed by atoms with van der Waals surface area (Å²) in [5.41, 5.74) is 0.766. The molecular weight excluding hydrogens is 244 g/mol. The highest BCUT2D eigenvalue weighted by Crippen LogP contribution is 2.20. The van der Waals surface area contributed by atoms with Crippen LogP contribution in [0.2, 0.25) is 0 Å². The molecule has 1 N–H and O–H groups in total. The molecule has 0 heterocycles. The minimum Gasteiger partial charge on any atom is -0.352 e. The lowest BCUT2D eigenvalue weighted by molar-refractivity contribution is -0.385. The summed E-state index contributed by atoms with van der Waals surface area (Å²) in [7, 11) is 0. The molecule has 0 radical (unpaired) electrons. The molecule has 0 aliphatic heterocycles. The van der Waals surface area contributed by atoms with Gasteiger partial charge in [0, 0.05) is 23.7 Å². The number of rotatable bonds is 6. The van der Waals surface area contributed by atoms with Crippen LogP contribution in [0.15, 0.2) is 18.2 Å². The smallest absolute Gasteiger partial charge is 0.273 e. The van der Waals surface area contributed by atoms with Crippen molar-refractivity contribution in [3.63, 3.8) is 0 Å². The van der Waals surface area contributed by atoms with Crippen molar-refractivity contribution >= 4 is 11.6 Å². The number of nitrogens with zero attached hydrogens (tertiary/aromatic N) is 1. The second-order valence-electron chi connectivity index (χ2n) is 5.00. The molecule has 1 amide bonds. The molecule has 104 valence electrons. The Bertz CT molecular complexity index is 470. The summed E-state index contributed by atoms with van der Waals surface area (Å²) in [6.07, 6.45) is 1.96. The van der Waals surface area contributed by atoms with Crippen molar-refractivity contribution in [2.45, 2.75) is 33.6 Å². The number of nitro groups is 1. The van der Waals surface area contributed by atoms with Crippen molar-refractivity contribution in [2.24, 2.45) is 5.92 Å². The van der Waals surface area contributed by atoms with Crippen LogP contribution in [0.3, 0.4) is 0 Å². The summed E-state index contributed by atoms with van der Waals surface area (Å²) in [6.45, 7) is 6.46. The van der Waals surface area contributed by atoms with E-state index in [2.05, 4.69) is 19.2 Å². The summed E-state index contributed by atoms with van der Waals surface area (Å²) in [4.78, 5) is 22.3. The van der Waals surface area contributed by atoms with E-state index < -0.39 is 4.92 Å². The molecule has 0 aliphatic carbocycles. The number of nitrogens with one attached hydrogen (secondary N) is 1. The highest BCUT2D eigenvalue weighted by Gasteiger charge is 2.17. The van der Waals surface area contributed by atoms with Crippen LogP contribution >= 0.6 is 0 Å². The summed E-state index contributed by atoms with van der Waals surface area (Å²) < 4.78 is 0. The second-order valence-corrected chi connectivity index (χ2v) is 5.00. The molecule has 0 saturated heterocycles. The Labute approximate surface area is 113 Å². The number of carbonyl (C=O) groups is 1. The maximum absolute atomic E-state index is 12.0. The number of amides is 1. The predicted octanol–water partition coefficient (Wildman–Crippen LogP) is 3.07. The Morgan fingerprint density at radius 2 is 2.11 bits per heavy atom. The van der Waals surface area contributed by atoms with E-state index in [1.807, 2.05) is 0 Å². The van der Waals surface area contributed by atoms with Crippen molar-refractivity contribution < 1.29 is 9.72 Å². The van der Waals surface area contributed by atoms with Gasteiger partial charge in [-0.3, -0.25) is 14.9 Å². The molecule has 1 aromatic rings. The molecule has 0 saturated carbocycles. The summed E-state index contributed by atoms with van der Waals surface area (Å²) in [6, 6.07) is 4.55. The van der Waals surface area contributed by atoms with E-state index in [1.54, 1.807) is 13.0 Å². The minimum atomic E-state index is -0.467. The first-order valence-corrected chi connectivity index (χ1v) is 6.45. The third-order valence-electron chi connectivity index (χ3n) is 2.99. The minimum absolute atomic E-state index is 0.0187. The fraction of sp³-hybridized carbons (Fsp3) is 0.500. The molecule has 0 aromatic heterocycles. The molecule has 0 unspecified atom stereocenters. The molecule has 0 spiro atoms. The Hall–Kier alpha value is -1.91. The van der Waals surface area contributed by atoms with Crippen LogP contribution in [0, 0.1) is 23.0 Å². The predicted molar refractivity (Wildman–Crippen MR) is 74.2 cm³/mol. The van der Waals surface area contributed by atoms with Crippen LogP contribution in [0.5, 0.6) is 0 Å². The fourth-order valence-corrected chi connectivity index (χ4v) is 1.87. The Morgan fingerprint density at radius 3 is 2.68 bits per heavy atom. The first-order valence-electron chi connectivity index (χ1n) is 6.45. The largest absolute Gasteiger partial charge is 0.352 e. The van der Waals surface area contributed by atoms with Crippen molar-refractivity contribution in [3.8, 4) is 0 Å². The highest BCUT2D eigenvalue weighted by atomic mass is 16.6. The Balaban J connectivity index is 2.67. The molecular formula is C14H20N2O3. The normalized spacial score (nSPS) is 10.5. The van der Waals surface area contributed by atoms with E-state index in [9.17, 15) is 14.9 Å². The molecule has 5 heteroatoms. The van der Waals surface area contributed by atoms with Crippen LogP contribution < -0.4 is 5.32 Å². The number of carbonyl (C=O) groups excluding carboxylic acids is 1. The molecule has 0 fully saturated rings. The molecule has 1 aromatic carbocycles. The number of hydrogen-bond acceptors (Lipinski definition) is 3. The van der Waals surface area contributed by atoms with Crippen molar-refractivity contribution in [1.29, 1.82) is 0 Å². The molecule has 0 aliphatic rings. The Kier molecular flexibility index (Phi) is 5.48. The highest BCUT2D eigenvalue weighted by molar-refractivity contribution is 5.96. The standard InChI is InChI=1S/C14H20N2O3/c1-10(2)6-5-9-15-14(17)12-7-4-8-13(11(12)3)16(18)19/h4,7-8,10H,5-6,9H2,1-3H3,(H,15,17). The fourth-order valence-electron chi connectivity index (χ4n) is 1.87. The summed E-state index contributed by atoms with van der Waals surface area (Å²) in [5.74, 6) is 0.362. The molecule has 0 bridgehead atoms. The summed E-state index contributed by atoms with van der Waals surface area (Å²) >= 11 is 0. The van der Waals surface area contributed by atoms with E-state index in [4.69, 9.17) is 0 Å². The van der Waals surface area contributed by atoms with Gasteiger partial charge in [0.25, 0.3) is 11.6 Å². The lowest BCUT2D eigenvalue weighted by Crippen LogP contribution is -2.25. The lowest BCUT2D eigenvalue weighted by Gasteiger charge is -2.08. The van der Waals surface area contributed by atoms with Crippen LogP contribution in [-0.2, 0) is 0 Å². The first kappa shape index (κ1) is 15.1. The van der Waals surface area contributed by atoms with Gasteiger partial charge in [-0.25, -0.2) is 0 Å². The third kappa shape index (κ3) is 4.35. The third-order valence-corrected chi connectivity index (χ3v) is 2.99. The van der Waals surface area contributed by atoms with Crippen LogP contribution in [0.1, 0.15) is 42.6 Å². The van der Waals surface area contributed by atoms with Gasteiger partial charge in [-0.2, -0.15) is 0 Å². The lowest BCUT2D eigenvalue weighted by atomic mass is 10.1. The SMILES string of the molecule is Cc1c(C(=O)NCCCC(C)C)cccc1[N+](=O)[O-]. The molecule has 0 atom stereocenters. The second kappa shape index (κ2) is 6.87. The van der Waals surface area contributed by atoms with Crippen molar-refractivity contribution in [3.05, 3.63) is 39.4 Å².